The molecule has 1 aromatic carbocycles. The lowest BCUT2D eigenvalue weighted by Gasteiger charge is -2.29. The van der Waals surface area contributed by atoms with Crippen molar-refractivity contribution in [2.45, 2.75) is 45.2 Å². The van der Waals surface area contributed by atoms with Gasteiger partial charge >= 0.3 is 0 Å². The molecule has 1 saturated heterocycles. The van der Waals surface area contributed by atoms with Gasteiger partial charge in [-0.15, -0.1) is 0 Å². The predicted octanol–water partition coefficient (Wildman–Crippen LogP) is 3.56. The summed E-state index contributed by atoms with van der Waals surface area (Å²) in [6, 6.07) is 7.74. The lowest BCUT2D eigenvalue weighted by atomic mass is 10.1. The number of amides is 1. The van der Waals surface area contributed by atoms with Crippen LogP contribution in [0.2, 0.25) is 5.02 Å². The fourth-order valence-corrected chi connectivity index (χ4v) is 2.88. The van der Waals surface area contributed by atoms with E-state index in [0.29, 0.717) is 0 Å². The fraction of sp³-hybridized carbons (Fsp3) is 0.588. The van der Waals surface area contributed by atoms with Crippen molar-refractivity contribution in [1.29, 1.82) is 0 Å². The van der Waals surface area contributed by atoms with Crippen molar-refractivity contribution in [3.8, 4) is 0 Å². The number of benzene rings is 1. The molecule has 0 bridgehead atoms. The van der Waals surface area contributed by atoms with E-state index in [1.807, 2.05) is 43.1 Å². The van der Waals surface area contributed by atoms with E-state index in [1.54, 1.807) is 0 Å². The second kappa shape index (κ2) is 7.81. The summed E-state index contributed by atoms with van der Waals surface area (Å²) in [7, 11) is 2.01. The lowest BCUT2D eigenvalue weighted by molar-refractivity contribution is -0.136. The molecule has 1 amide bonds. The predicted molar refractivity (Wildman–Crippen MR) is 87.4 cm³/mol. The van der Waals surface area contributed by atoms with Crippen molar-refractivity contribution in [3.05, 3.63) is 34.9 Å². The molecule has 0 spiro atoms. The van der Waals surface area contributed by atoms with Crippen LogP contribution in [0.1, 0.15) is 38.2 Å². The van der Waals surface area contributed by atoms with Gasteiger partial charge in [0.15, 0.2) is 0 Å². The minimum atomic E-state index is -0.0845. The Kier molecular flexibility index (Phi) is 6.07. The van der Waals surface area contributed by atoms with Crippen LogP contribution in [0.3, 0.4) is 0 Å². The standard InChI is InChI=1S/C17H25ClN2O/c1-14(17(21)20-11-5-3-4-6-12-20)19(2)13-15-7-9-16(18)10-8-15/h7-10,14H,3-6,11-13H2,1-2H3. The molecule has 1 fully saturated rings. The topological polar surface area (TPSA) is 23.6 Å². The van der Waals surface area contributed by atoms with E-state index in [1.165, 1.54) is 18.4 Å². The molecule has 1 unspecified atom stereocenters. The number of halogens is 1. The van der Waals surface area contributed by atoms with Crippen molar-refractivity contribution < 1.29 is 4.79 Å². The van der Waals surface area contributed by atoms with Gasteiger partial charge in [0.05, 0.1) is 6.04 Å². The SMILES string of the molecule is CC(C(=O)N1CCCCCC1)N(C)Cc1ccc(Cl)cc1. The van der Waals surface area contributed by atoms with Crippen LogP contribution in [-0.2, 0) is 11.3 Å². The van der Waals surface area contributed by atoms with E-state index >= 15 is 0 Å². The average Bonchev–Trinajstić information content (AvgIpc) is 2.77. The highest BCUT2D eigenvalue weighted by molar-refractivity contribution is 6.30. The van der Waals surface area contributed by atoms with Gasteiger partial charge in [0.25, 0.3) is 0 Å². The normalized spacial score (nSPS) is 17.6. The first-order valence-electron chi connectivity index (χ1n) is 7.81. The minimum absolute atomic E-state index is 0.0845. The van der Waals surface area contributed by atoms with Crippen LogP contribution >= 0.6 is 11.6 Å². The van der Waals surface area contributed by atoms with Crippen molar-refractivity contribution in [1.82, 2.24) is 9.80 Å². The molecule has 0 N–H and O–H groups in total. The molecule has 1 heterocycles. The van der Waals surface area contributed by atoms with Crippen molar-refractivity contribution >= 4 is 17.5 Å². The zero-order valence-corrected chi connectivity index (χ0v) is 13.8. The van der Waals surface area contributed by atoms with E-state index in [4.69, 9.17) is 11.6 Å². The molecule has 1 atom stereocenters. The van der Waals surface area contributed by atoms with Crippen LogP contribution in [-0.4, -0.2) is 41.9 Å². The van der Waals surface area contributed by atoms with Crippen molar-refractivity contribution in [2.24, 2.45) is 0 Å². The summed E-state index contributed by atoms with van der Waals surface area (Å²) in [4.78, 5) is 16.7. The first-order valence-corrected chi connectivity index (χ1v) is 8.19. The molecule has 0 radical (unpaired) electrons. The Morgan fingerprint density at radius 3 is 2.33 bits per heavy atom. The molecule has 21 heavy (non-hydrogen) atoms. The van der Waals surface area contributed by atoms with Gasteiger partial charge in [0.1, 0.15) is 0 Å². The largest absolute Gasteiger partial charge is 0.341 e. The molecule has 3 nitrogen and oxygen atoms in total. The summed E-state index contributed by atoms with van der Waals surface area (Å²) < 4.78 is 0. The molecular weight excluding hydrogens is 284 g/mol. The number of carbonyl (C=O) groups excluding carboxylic acids is 1. The van der Waals surface area contributed by atoms with Crippen LogP contribution in [0.5, 0.6) is 0 Å². The van der Waals surface area contributed by atoms with Crippen molar-refractivity contribution in [3.63, 3.8) is 0 Å². The van der Waals surface area contributed by atoms with Gasteiger partial charge in [-0.05, 0) is 44.5 Å². The van der Waals surface area contributed by atoms with E-state index in [0.717, 1.165) is 37.5 Å². The third-order valence-corrected chi connectivity index (χ3v) is 4.53. The van der Waals surface area contributed by atoms with Crippen LogP contribution in [0, 0.1) is 0 Å². The maximum absolute atomic E-state index is 12.6. The molecule has 1 aliphatic rings. The first kappa shape index (κ1) is 16.3. The third kappa shape index (κ3) is 4.72. The summed E-state index contributed by atoms with van der Waals surface area (Å²) in [5.41, 5.74) is 1.18. The average molecular weight is 309 g/mol. The maximum Gasteiger partial charge on any atom is 0.239 e. The van der Waals surface area contributed by atoms with Gasteiger partial charge in [-0.25, -0.2) is 0 Å². The molecule has 1 aliphatic heterocycles. The smallest absolute Gasteiger partial charge is 0.239 e. The van der Waals surface area contributed by atoms with Gasteiger partial charge in [-0.2, -0.15) is 0 Å². The van der Waals surface area contributed by atoms with E-state index in [9.17, 15) is 4.79 Å². The second-order valence-corrected chi connectivity index (χ2v) is 6.39. The Morgan fingerprint density at radius 1 is 1.19 bits per heavy atom. The van der Waals surface area contributed by atoms with Crippen LogP contribution in [0.25, 0.3) is 0 Å². The Morgan fingerprint density at radius 2 is 1.76 bits per heavy atom. The zero-order valence-electron chi connectivity index (χ0n) is 13.0. The summed E-state index contributed by atoms with van der Waals surface area (Å²) >= 11 is 5.90. The van der Waals surface area contributed by atoms with Gasteiger partial charge in [-0.1, -0.05) is 36.6 Å². The third-order valence-electron chi connectivity index (χ3n) is 4.28. The molecular formula is C17H25ClN2O. The van der Waals surface area contributed by atoms with Gasteiger partial charge < -0.3 is 4.90 Å². The molecule has 0 aromatic heterocycles. The number of hydrogen-bond acceptors (Lipinski definition) is 2. The maximum atomic E-state index is 12.6. The van der Waals surface area contributed by atoms with Gasteiger partial charge in [-0.3, -0.25) is 9.69 Å². The molecule has 0 aliphatic carbocycles. The summed E-state index contributed by atoms with van der Waals surface area (Å²) in [5, 5.41) is 0.745. The van der Waals surface area contributed by atoms with Gasteiger partial charge in [0, 0.05) is 24.7 Å². The quantitative estimate of drug-likeness (QED) is 0.849. The molecule has 2 rings (SSSR count). The van der Waals surface area contributed by atoms with Crippen molar-refractivity contribution in [2.75, 3.05) is 20.1 Å². The van der Waals surface area contributed by atoms with E-state index in [-0.39, 0.29) is 11.9 Å². The Hall–Kier alpha value is -1.06. The Balaban J connectivity index is 1.92. The zero-order chi connectivity index (χ0) is 15.2. The number of likely N-dealkylation sites (N-methyl/N-ethyl adjacent to an activating group) is 1. The molecule has 116 valence electrons. The highest BCUT2D eigenvalue weighted by Gasteiger charge is 2.24. The lowest BCUT2D eigenvalue weighted by Crippen LogP contribution is -2.45. The fourth-order valence-electron chi connectivity index (χ4n) is 2.76. The summed E-state index contributed by atoms with van der Waals surface area (Å²) in [6.07, 6.45) is 4.77. The van der Waals surface area contributed by atoms with E-state index in [2.05, 4.69) is 4.90 Å². The highest BCUT2D eigenvalue weighted by atomic mass is 35.5. The Bertz CT molecular complexity index is 452. The number of nitrogens with zero attached hydrogens (tertiary/aromatic N) is 2. The van der Waals surface area contributed by atoms with Gasteiger partial charge in [0.2, 0.25) is 5.91 Å². The highest BCUT2D eigenvalue weighted by Crippen LogP contribution is 2.15. The van der Waals surface area contributed by atoms with E-state index < -0.39 is 0 Å². The molecule has 1 aromatic rings. The van der Waals surface area contributed by atoms with Crippen LogP contribution in [0.15, 0.2) is 24.3 Å². The number of hydrogen-bond donors (Lipinski definition) is 0. The van der Waals surface area contributed by atoms with Crippen LogP contribution in [0.4, 0.5) is 0 Å². The van der Waals surface area contributed by atoms with Crippen LogP contribution < -0.4 is 0 Å². The number of rotatable bonds is 4. The molecule has 4 heteroatoms. The second-order valence-electron chi connectivity index (χ2n) is 5.96. The number of carbonyl (C=O) groups is 1. The first-order chi connectivity index (χ1) is 10.1. The molecule has 0 saturated carbocycles. The number of likely N-dealkylation sites (tertiary alicyclic amines) is 1. The monoisotopic (exact) mass is 308 g/mol. The Labute approximate surface area is 132 Å². The summed E-state index contributed by atoms with van der Waals surface area (Å²) in [5.74, 6) is 0.258. The summed E-state index contributed by atoms with van der Waals surface area (Å²) in [6.45, 7) is 4.59. The minimum Gasteiger partial charge on any atom is -0.341 e.